The van der Waals surface area contributed by atoms with Crippen LogP contribution in [-0.2, 0) is 6.42 Å². The molecular weight excluding hydrogens is 495 g/mol. The average Bonchev–Trinajstić information content (AvgIpc) is 3.14. The third-order valence-electron chi connectivity index (χ3n) is 3.88. The van der Waals surface area contributed by atoms with Gasteiger partial charge in [-0.15, -0.1) is 0 Å². The van der Waals surface area contributed by atoms with Crippen molar-refractivity contribution in [3.8, 4) is 11.3 Å². The van der Waals surface area contributed by atoms with E-state index in [1.54, 1.807) is 24.3 Å². The van der Waals surface area contributed by atoms with Gasteiger partial charge < -0.3 is 9.73 Å². The van der Waals surface area contributed by atoms with E-state index in [0.29, 0.717) is 10.8 Å². The van der Waals surface area contributed by atoms with Crippen molar-refractivity contribution in [1.29, 1.82) is 0 Å². The van der Waals surface area contributed by atoms with Crippen LogP contribution in [0, 0.1) is 3.57 Å². The molecule has 0 spiro atoms. The Bertz CT molecular complexity index is 986. The van der Waals surface area contributed by atoms with Crippen molar-refractivity contribution in [3.05, 3.63) is 74.5 Å². The monoisotopic (exact) mass is 510 g/mol. The van der Waals surface area contributed by atoms with Gasteiger partial charge in [0.1, 0.15) is 5.76 Å². The highest BCUT2D eigenvalue weighted by Gasteiger charge is 2.14. The molecule has 1 amide bonds. The molecule has 0 bridgehead atoms. The molecule has 0 aliphatic heterocycles. The SMILES string of the molecule is CCc1cc(I)ccc1NC(=S)NC(=O)c1ccc(-c2ccc(Cl)cc2)o1. The molecule has 138 valence electrons. The van der Waals surface area contributed by atoms with E-state index in [1.165, 1.54) is 0 Å². The zero-order valence-electron chi connectivity index (χ0n) is 14.4. The number of thiocarbonyl (C=S) groups is 1. The van der Waals surface area contributed by atoms with Gasteiger partial charge in [0, 0.05) is 19.8 Å². The number of carbonyl (C=O) groups is 1. The third-order valence-corrected chi connectivity index (χ3v) is 5.01. The molecule has 27 heavy (non-hydrogen) atoms. The number of amides is 1. The van der Waals surface area contributed by atoms with Gasteiger partial charge in [0.15, 0.2) is 10.9 Å². The van der Waals surface area contributed by atoms with Crippen molar-refractivity contribution in [1.82, 2.24) is 5.32 Å². The molecule has 0 aliphatic carbocycles. The molecule has 1 heterocycles. The number of hydrogen-bond donors (Lipinski definition) is 2. The molecule has 0 aliphatic rings. The van der Waals surface area contributed by atoms with Crippen LogP contribution in [0.2, 0.25) is 5.02 Å². The summed E-state index contributed by atoms with van der Waals surface area (Å²) in [7, 11) is 0. The number of furan rings is 1. The molecule has 0 atom stereocenters. The zero-order chi connectivity index (χ0) is 19.4. The predicted octanol–water partition coefficient (Wildman–Crippen LogP) is 5.89. The van der Waals surface area contributed by atoms with Gasteiger partial charge in [-0.1, -0.05) is 18.5 Å². The molecule has 4 nitrogen and oxygen atoms in total. The molecule has 3 aromatic rings. The Morgan fingerprint density at radius 2 is 1.89 bits per heavy atom. The van der Waals surface area contributed by atoms with Gasteiger partial charge in [-0.3, -0.25) is 10.1 Å². The molecule has 0 unspecified atom stereocenters. The molecule has 2 aromatic carbocycles. The first-order valence-electron chi connectivity index (χ1n) is 8.23. The smallest absolute Gasteiger partial charge is 0.293 e. The second-order valence-corrected chi connectivity index (χ2v) is 7.82. The summed E-state index contributed by atoms with van der Waals surface area (Å²) >= 11 is 13.4. The standard InChI is InChI=1S/C20H16ClIN2O2S/c1-2-12-11-15(22)7-8-16(12)23-20(27)24-19(25)18-10-9-17(26-18)13-3-5-14(21)6-4-13/h3-11H,2H2,1H3,(H2,23,24,25,27). The minimum atomic E-state index is -0.406. The van der Waals surface area contributed by atoms with E-state index < -0.39 is 5.91 Å². The van der Waals surface area contributed by atoms with Crippen LogP contribution < -0.4 is 10.6 Å². The van der Waals surface area contributed by atoms with Crippen molar-refractivity contribution < 1.29 is 9.21 Å². The van der Waals surface area contributed by atoms with Crippen LogP contribution in [0.15, 0.2) is 59.0 Å². The van der Waals surface area contributed by atoms with Crippen molar-refractivity contribution in [2.75, 3.05) is 5.32 Å². The molecule has 3 rings (SSSR count). The number of halogens is 2. The second-order valence-electron chi connectivity index (χ2n) is 5.73. The fourth-order valence-corrected chi connectivity index (χ4v) is 3.41. The lowest BCUT2D eigenvalue weighted by Gasteiger charge is -2.12. The Kier molecular flexibility index (Phi) is 6.51. The zero-order valence-corrected chi connectivity index (χ0v) is 18.1. The number of carbonyl (C=O) groups excluding carboxylic acids is 1. The van der Waals surface area contributed by atoms with Crippen LogP contribution >= 0.6 is 46.4 Å². The number of benzene rings is 2. The highest BCUT2D eigenvalue weighted by atomic mass is 127. The molecule has 0 saturated carbocycles. The highest BCUT2D eigenvalue weighted by Crippen LogP contribution is 2.24. The van der Waals surface area contributed by atoms with Crippen LogP contribution in [0.25, 0.3) is 11.3 Å². The minimum absolute atomic E-state index is 0.183. The molecule has 7 heteroatoms. The minimum Gasteiger partial charge on any atom is -0.451 e. The van der Waals surface area contributed by atoms with E-state index in [1.807, 2.05) is 24.3 Å². The summed E-state index contributed by atoms with van der Waals surface area (Å²) in [4.78, 5) is 12.4. The van der Waals surface area contributed by atoms with Gasteiger partial charge >= 0.3 is 0 Å². The number of hydrogen-bond acceptors (Lipinski definition) is 3. The number of anilines is 1. The Labute approximate surface area is 181 Å². The molecule has 0 saturated heterocycles. The first kappa shape index (κ1) is 19.9. The molecule has 1 aromatic heterocycles. The molecule has 2 N–H and O–H groups in total. The second kappa shape index (κ2) is 8.86. The van der Waals surface area contributed by atoms with Crippen molar-refractivity contribution in [2.24, 2.45) is 0 Å². The number of rotatable bonds is 4. The van der Waals surface area contributed by atoms with Gasteiger partial charge in [-0.05, 0) is 101 Å². The van der Waals surface area contributed by atoms with Crippen LogP contribution in [-0.4, -0.2) is 11.0 Å². The topological polar surface area (TPSA) is 54.3 Å². The molecular formula is C20H16ClIN2O2S. The van der Waals surface area contributed by atoms with Crippen molar-refractivity contribution in [2.45, 2.75) is 13.3 Å². The van der Waals surface area contributed by atoms with Crippen LogP contribution in [0.3, 0.4) is 0 Å². The third kappa shape index (κ3) is 5.09. The summed E-state index contributed by atoms with van der Waals surface area (Å²) < 4.78 is 6.79. The maximum absolute atomic E-state index is 12.4. The van der Waals surface area contributed by atoms with Gasteiger partial charge in [0.05, 0.1) is 0 Å². The van der Waals surface area contributed by atoms with Crippen molar-refractivity contribution >= 4 is 63.1 Å². The van der Waals surface area contributed by atoms with E-state index in [4.69, 9.17) is 28.2 Å². The Morgan fingerprint density at radius 1 is 1.15 bits per heavy atom. The van der Waals surface area contributed by atoms with E-state index in [9.17, 15) is 4.79 Å². The fraction of sp³-hybridized carbons (Fsp3) is 0.100. The molecule has 0 fully saturated rings. The Balaban J connectivity index is 1.67. The lowest BCUT2D eigenvalue weighted by atomic mass is 10.1. The average molecular weight is 511 g/mol. The first-order valence-corrected chi connectivity index (χ1v) is 10.1. The summed E-state index contributed by atoms with van der Waals surface area (Å²) in [5, 5.41) is 6.59. The van der Waals surface area contributed by atoms with Crippen molar-refractivity contribution in [3.63, 3.8) is 0 Å². The Morgan fingerprint density at radius 3 is 2.59 bits per heavy atom. The van der Waals surface area contributed by atoms with Crippen LogP contribution in [0.5, 0.6) is 0 Å². The predicted molar refractivity (Wildman–Crippen MR) is 121 cm³/mol. The van der Waals surface area contributed by atoms with E-state index in [0.717, 1.165) is 26.8 Å². The quantitative estimate of drug-likeness (QED) is 0.339. The van der Waals surface area contributed by atoms with Gasteiger partial charge in [0.2, 0.25) is 0 Å². The van der Waals surface area contributed by atoms with Gasteiger partial charge in [-0.2, -0.15) is 0 Å². The Hall–Kier alpha value is -1.90. The number of aryl methyl sites for hydroxylation is 1. The summed E-state index contributed by atoms with van der Waals surface area (Å²) in [6.07, 6.45) is 0.859. The maximum Gasteiger partial charge on any atom is 0.293 e. The summed E-state index contributed by atoms with van der Waals surface area (Å²) in [6.45, 7) is 2.07. The first-order chi connectivity index (χ1) is 13.0. The van der Waals surface area contributed by atoms with Gasteiger partial charge in [0.25, 0.3) is 5.91 Å². The highest BCUT2D eigenvalue weighted by molar-refractivity contribution is 14.1. The van der Waals surface area contributed by atoms with Gasteiger partial charge in [-0.25, -0.2) is 0 Å². The maximum atomic E-state index is 12.4. The summed E-state index contributed by atoms with van der Waals surface area (Å²) in [5.41, 5.74) is 2.84. The summed E-state index contributed by atoms with van der Waals surface area (Å²) in [6, 6.07) is 16.6. The van der Waals surface area contributed by atoms with Crippen LogP contribution in [0.1, 0.15) is 23.0 Å². The van der Waals surface area contributed by atoms with E-state index in [2.05, 4.69) is 46.2 Å². The van der Waals surface area contributed by atoms with E-state index >= 15 is 0 Å². The fourth-order valence-electron chi connectivity index (χ4n) is 2.52. The number of nitrogens with one attached hydrogen (secondary N) is 2. The normalized spacial score (nSPS) is 10.5. The summed E-state index contributed by atoms with van der Waals surface area (Å²) in [5.74, 6) is 0.361. The van der Waals surface area contributed by atoms with E-state index in [-0.39, 0.29) is 10.9 Å². The largest absolute Gasteiger partial charge is 0.451 e. The van der Waals surface area contributed by atoms with Crippen LogP contribution in [0.4, 0.5) is 5.69 Å². The lowest BCUT2D eigenvalue weighted by Crippen LogP contribution is -2.34. The molecule has 0 radical (unpaired) electrons. The lowest BCUT2D eigenvalue weighted by molar-refractivity contribution is 0.0951.